The van der Waals surface area contributed by atoms with Crippen LogP contribution in [-0.4, -0.2) is 57.6 Å². The van der Waals surface area contributed by atoms with Crippen molar-refractivity contribution < 1.29 is 28.5 Å². The molecule has 2 heterocycles. The topological polar surface area (TPSA) is 83.4 Å². The van der Waals surface area contributed by atoms with Crippen LogP contribution in [0.3, 0.4) is 0 Å². The molecule has 0 saturated carbocycles. The zero-order valence-corrected chi connectivity index (χ0v) is 20.0. The summed E-state index contributed by atoms with van der Waals surface area (Å²) in [5, 5.41) is 2.99. The van der Waals surface area contributed by atoms with Crippen LogP contribution < -0.4 is 29.0 Å². The fraction of sp³-hybridized carbons (Fsp3) is 0.320. The standard InChI is InChI=1S/C25H29N3O6/c1-30-19-10-6-8-17(23(19)33-4)26-25(29)28-13-12-27-11-7-9-18(27)22(28)16-14-20(31-2)24(34-5)21(15-16)32-3/h6-11,14-15,22H,12-13H2,1-5H3,(H,26,29). The van der Waals surface area contributed by atoms with Crippen molar-refractivity contribution in [3.05, 3.63) is 59.9 Å². The van der Waals surface area contributed by atoms with E-state index in [2.05, 4.69) is 9.88 Å². The lowest BCUT2D eigenvalue weighted by atomic mass is 9.99. The van der Waals surface area contributed by atoms with Crippen molar-refractivity contribution >= 4 is 11.7 Å². The van der Waals surface area contributed by atoms with Gasteiger partial charge in [0.1, 0.15) is 0 Å². The van der Waals surface area contributed by atoms with Crippen LogP contribution in [0.2, 0.25) is 0 Å². The summed E-state index contributed by atoms with van der Waals surface area (Å²) in [5.74, 6) is 2.54. The van der Waals surface area contributed by atoms with Gasteiger partial charge in [0.05, 0.1) is 47.3 Å². The fourth-order valence-corrected chi connectivity index (χ4v) is 4.38. The number of hydrogen-bond acceptors (Lipinski definition) is 6. The molecule has 0 spiro atoms. The Bertz CT molecular complexity index is 1150. The number of nitrogens with zero attached hydrogens (tertiary/aromatic N) is 2. The Morgan fingerprint density at radius 1 is 0.824 bits per heavy atom. The Labute approximate surface area is 198 Å². The first-order valence-corrected chi connectivity index (χ1v) is 10.8. The van der Waals surface area contributed by atoms with Crippen molar-refractivity contribution in [2.24, 2.45) is 0 Å². The van der Waals surface area contributed by atoms with E-state index in [1.807, 2.05) is 30.5 Å². The number of amides is 2. The van der Waals surface area contributed by atoms with E-state index < -0.39 is 0 Å². The average molecular weight is 468 g/mol. The number of hydrogen-bond donors (Lipinski definition) is 1. The number of fused-ring (bicyclic) bond motifs is 1. The maximum Gasteiger partial charge on any atom is 0.322 e. The SMILES string of the molecule is COc1cccc(NC(=O)N2CCn3cccc3C2c2cc(OC)c(OC)c(OC)c2)c1OC. The van der Waals surface area contributed by atoms with Crippen LogP contribution in [-0.2, 0) is 6.54 Å². The number of anilines is 1. The minimum Gasteiger partial charge on any atom is -0.493 e. The quantitative estimate of drug-likeness (QED) is 0.562. The van der Waals surface area contributed by atoms with Crippen LogP contribution in [0.15, 0.2) is 48.7 Å². The predicted molar refractivity (Wildman–Crippen MR) is 128 cm³/mol. The van der Waals surface area contributed by atoms with Gasteiger partial charge in [-0.1, -0.05) is 6.07 Å². The van der Waals surface area contributed by atoms with Crippen LogP contribution in [0.25, 0.3) is 0 Å². The second-order valence-corrected chi connectivity index (χ2v) is 7.65. The Morgan fingerprint density at radius 2 is 1.50 bits per heavy atom. The lowest BCUT2D eigenvalue weighted by Gasteiger charge is -2.37. The zero-order chi connectivity index (χ0) is 24.2. The van der Waals surface area contributed by atoms with E-state index in [9.17, 15) is 4.79 Å². The molecule has 1 aromatic heterocycles. The van der Waals surface area contributed by atoms with Gasteiger partial charge < -0.3 is 38.5 Å². The number of para-hydroxylation sites is 1. The second kappa shape index (κ2) is 9.86. The Hall–Kier alpha value is -4.01. The van der Waals surface area contributed by atoms with Crippen molar-refractivity contribution in [2.75, 3.05) is 47.4 Å². The summed E-state index contributed by atoms with van der Waals surface area (Å²) in [7, 11) is 7.81. The molecule has 1 unspecified atom stereocenters. The molecule has 1 aliphatic heterocycles. The average Bonchev–Trinajstić information content (AvgIpc) is 3.35. The summed E-state index contributed by atoms with van der Waals surface area (Å²) in [6.45, 7) is 1.17. The maximum absolute atomic E-state index is 13.6. The number of methoxy groups -OCH3 is 5. The molecule has 9 heteroatoms. The third-order valence-corrected chi connectivity index (χ3v) is 5.95. The van der Waals surface area contributed by atoms with Crippen LogP contribution in [0.1, 0.15) is 17.3 Å². The van der Waals surface area contributed by atoms with Crippen molar-refractivity contribution in [1.29, 1.82) is 0 Å². The van der Waals surface area contributed by atoms with E-state index in [0.29, 0.717) is 47.5 Å². The normalized spacial score (nSPS) is 14.7. The zero-order valence-electron chi connectivity index (χ0n) is 20.0. The first-order chi connectivity index (χ1) is 16.6. The van der Waals surface area contributed by atoms with Crippen LogP contribution in [0.5, 0.6) is 28.7 Å². The molecule has 3 aromatic rings. The molecule has 1 N–H and O–H groups in total. The second-order valence-electron chi connectivity index (χ2n) is 7.65. The Balaban J connectivity index is 1.76. The Morgan fingerprint density at radius 3 is 2.12 bits per heavy atom. The largest absolute Gasteiger partial charge is 0.493 e. The van der Waals surface area contributed by atoms with Crippen LogP contribution in [0, 0.1) is 0 Å². The summed E-state index contributed by atoms with van der Waals surface area (Å²) in [4.78, 5) is 15.4. The maximum atomic E-state index is 13.6. The highest BCUT2D eigenvalue weighted by atomic mass is 16.5. The van der Waals surface area contributed by atoms with Gasteiger partial charge in [-0.15, -0.1) is 0 Å². The van der Waals surface area contributed by atoms with Crippen LogP contribution in [0.4, 0.5) is 10.5 Å². The molecule has 9 nitrogen and oxygen atoms in total. The molecule has 34 heavy (non-hydrogen) atoms. The first-order valence-electron chi connectivity index (χ1n) is 10.8. The highest BCUT2D eigenvalue weighted by Crippen LogP contribution is 2.43. The molecule has 2 aromatic carbocycles. The summed E-state index contributed by atoms with van der Waals surface area (Å²) in [5.41, 5.74) is 2.34. The molecule has 0 radical (unpaired) electrons. The van der Waals surface area contributed by atoms with E-state index in [-0.39, 0.29) is 12.1 Å². The lowest BCUT2D eigenvalue weighted by molar-refractivity contribution is 0.181. The van der Waals surface area contributed by atoms with E-state index >= 15 is 0 Å². The first kappa shape index (κ1) is 23.2. The van der Waals surface area contributed by atoms with Gasteiger partial charge in [0, 0.05) is 25.0 Å². The van der Waals surface area contributed by atoms with Gasteiger partial charge in [0.2, 0.25) is 5.75 Å². The number of carbonyl (C=O) groups is 1. The molecule has 0 saturated heterocycles. The Kier molecular flexibility index (Phi) is 6.72. The minimum atomic E-state index is -0.381. The summed E-state index contributed by atoms with van der Waals surface area (Å²) < 4.78 is 29.6. The molecule has 180 valence electrons. The highest BCUT2D eigenvalue weighted by Gasteiger charge is 2.34. The molecule has 4 rings (SSSR count). The number of benzene rings is 2. The smallest absolute Gasteiger partial charge is 0.322 e. The summed E-state index contributed by atoms with van der Waals surface area (Å²) >= 11 is 0. The number of rotatable bonds is 7. The number of aromatic nitrogens is 1. The third kappa shape index (κ3) is 4.05. The van der Waals surface area contributed by atoms with Crippen molar-refractivity contribution in [3.63, 3.8) is 0 Å². The summed E-state index contributed by atoms with van der Waals surface area (Å²) in [6, 6.07) is 12.5. The van der Waals surface area contributed by atoms with E-state index in [1.54, 1.807) is 58.6 Å². The van der Waals surface area contributed by atoms with Gasteiger partial charge in [0.15, 0.2) is 23.0 Å². The number of nitrogens with one attached hydrogen (secondary N) is 1. The molecular formula is C25H29N3O6. The van der Waals surface area contributed by atoms with Crippen molar-refractivity contribution in [1.82, 2.24) is 9.47 Å². The predicted octanol–water partition coefficient (Wildman–Crippen LogP) is 4.17. The highest BCUT2D eigenvalue weighted by molar-refractivity contribution is 5.92. The molecule has 0 fully saturated rings. The third-order valence-electron chi connectivity index (χ3n) is 5.95. The minimum absolute atomic E-state index is 0.266. The lowest BCUT2D eigenvalue weighted by Crippen LogP contribution is -2.44. The van der Waals surface area contributed by atoms with E-state index in [4.69, 9.17) is 23.7 Å². The van der Waals surface area contributed by atoms with Crippen molar-refractivity contribution in [2.45, 2.75) is 12.6 Å². The van der Waals surface area contributed by atoms with Gasteiger partial charge in [-0.2, -0.15) is 0 Å². The monoisotopic (exact) mass is 467 g/mol. The molecule has 0 bridgehead atoms. The molecule has 1 aliphatic rings. The van der Waals surface area contributed by atoms with Gasteiger partial charge in [-0.05, 0) is 42.0 Å². The summed E-state index contributed by atoms with van der Waals surface area (Å²) in [6.07, 6.45) is 2.01. The van der Waals surface area contributed by atoms with Crippen LogP contribution >= 0.6 is 0 Å². The van der Waals surface area contributed by atoms with E-state index in [1.165, 1.54) is 0 Å². The molecule has 0 aliphatic carbocycles. The van der Waals surface area contributed by atoms with Gasteiger partial charge in [-0.25, -0.2) is 4.79 Å². The van der Waals surface area contributed by atoms with Crippen molar-refractivity contribution in [3.8, 4) is 28.7 Å². The van der Waals surface area contributed by atoms with Gasteiger partial charge in [-0.3, -0.25) is 0 Å². The van der Waals surface area contributed by atoms with E-state index in [0.717, 1.165) is 11.3 Å². The molecular weight excluding hydrogens is 438 g/mol. The number of urea groups is 1. The molecule has 1 atom stereocenters. The van der Waals surface area contributed by atoms with Gasteiger partial charge >= 0.3 is 6.03 Å². The number of ether oxygens (including phenoxy) is 5. The fourth-order valence-electron chi connectivity index (χ4n) is 4.38. The van der Waals surface area contributed by atoms with Gasteiger partial charge in [0.25, 0.3) is 0 Å². The number of carbonyl (C=O) groups excluding carboxylic acids is 1. The molecule has 2 amide bonds.